The maximum absolute atomic E-state index is 11.3. The van der Waals surface area contributed by atoms with Crippen LogP contribution in [-0.4, -0.2) is 43.2 Å². The van der Waals surface area contributed by atoms with E-state index in [0.717, 1.165) is 12.8 Å². The molecule has 1 aliphatic heterocycles. The molecule has 2 aliphatic rings. The molecule has 98 valence electrons. The van der Waals surface area contributed by atoms with E-state index in [-0.39, 0.29) is 29.6 Å². The van der Waals surface area contributed by atoms with E-state index in [4.69, 9.17) is 9.84 Å². The van der Waals surface area contributed by atoms with Gasteiger partial charge in [0.25, 0.3) is 0 Å². The summed E-state index contributed by atoms with van der Waals surface area (Å²) in [5.41, 5.74) is 0. The highest BCUT2D eigenvalue weighted by atomic mass is 32.2. The van der Waals surface area contributed by atoms with Gasteiger partial charge in [-0.15, -0.1) is 0 Å². The predicted molar refractivity (Wildman–Crippen MR) is 61.5 cm³/mol. The van der Waals surface area contributed by atoms with Crippen molar-refractivity contribution in [3.63, 3.8) is 0 Å². The highest BCUT2D eigenvalue weighted by Gasteiger charge is 2.33. The summed E-state index contributed by atoms with van der Waals surface area (Å²) >= 11 is 0. The second kappa shape index (κ2) is 4.94. The Morgan fingerprint density at radius 2 is 1.71 bits per heavy atom. The summed E-state index contributed by atoms with van der Waals surface area (Å²) in [5.74, 6) is -0.623. The highest BCUT2D eigenvalue weighted by Crippen LogP contribution is 2.28. The van der Waals surface area contributed by atoms with Crippen molar-refractivity contribution in [2.45, 2.75) is 44.3 Å². The van der Waals surface area contributed by atoms with Gasteiger partial charge in [0.05, 0.1) is 29.6 Å². The molecule has 0 amide bonds. The first kappa shape index (κ1) is 12.8. The maximum atomic E-state index is 11.3. The molecule has 0 spiro atoms. The van der Waals surface area contributed by atoms with E-state index >= 15 is 0 Å². The number of sulfone groups is 1. The Labute approximate surface area is 101 Å². The molecule has 1 saturated heterocycles. The second-order valence-corrected chi connectivity index (χ2v) is 7.20. The summed E-state index contributed by atoms with van der Waals surface area (Å²) in [7, 11) is -2.89. The van der Waals surface area contributed by atoms with E-state index < -0.39 is 15.8 Å². The minimum absolute atomic E-state index is 0.0453. The van der Waals surface area contributed by atoms with E-state index in [1.54, 1.807) is 0 Å². The Morgan fingerprint density at radius 3 is 2.18 bits per heavy atom. The number of hydrogen-bond donors (Lipinski definition) is 1. The molecular formula is C11H18O5S. The third kappa shape index (κ3) is 3.42. The van der Waals surface area contributed by atoms with Crippen molar-refractivity contribution in [2.24, 2.45) is 5.92 Å². The van der Waals surface area contributed by atoms with Crippen molar-refractivity contribution in [1.82, 2.24) is 0 Å². The molecule has 2 rings (SSSR count). The third-order valence-corrected chi connectivity index (χ3v) is 5.34. The first-order valence-corrected chi connectivity index (χ1v) is 7.87. The molecule has 1 heterocycles. The average molecular weight is 262 g/mol. The van der Waals surface area contributed by atoms with Gasteiger partial charge in [0.2, 0.25) is 0 Å². The van der Waals surface area contributed by atoms with Crippen LogP contribution in [0.1, 0.15) is 32.1 Å². The third-order valence-electron chi connectivity index (χ3n) is 3.60. The van der Waals surface area contributed by atoms with Gasteiger partial charge in [-0.2, -0.15) is 0 Å². The summed E-state index contributed by atoms with van der Waals surface area (Å²) < 4.78 is 28.3. The lowest BCUT2D eigenvalue weighted by atomic mass is 9.87. The Balaban J connectivity index is 1.77. The van der Waals surface area contributed by atoms with Crippen molar-refractivity contribution in [2.75, 3.05) is 11.5 Å². The Hall–Kier alpha value is -0.620. The molecule has 0 aromatic carbocycles. The Kier molecular flexibility index (Phi) is 3.73. The van der Waals surface area contributed by atoms with E-state index in [1.165, 1.54) is 0 Å². The molecule has 6 heteroatoms. The molecular weight excluding hydrogens is 244 g/mol. The topological polar surface area (TPSA) is 80.7 Å². The van der Waals surface area contributed by atoms with Crippen molar-refractivity contribution in [3.8, 4) is 0 Å². The summed E-state index contributed by atoms with van der Waals surface area (Å²) in [6, 6.07) is 0. The fourth-order valence-corrected chi connectivity index (χ4v) is 4.19. The zero-order chi connectivity index (χ0) is 12.5. The van der Waals surface area contributed by atoms with Crippen LogP contribution >= 0.6 is 0 Å². The molecule has 0 radical (unpaired) electrons. The van der Waals surface area contributed by atoms with Gasteiger partial charge in [0, 0.05) is 0 Å². The van der Waals surface area contributed by atoms with Gasteiger partial charge in [0.1, 0.15) is 0 Å². The van der Waals surface area contributed by atoms with Crippen LogP contribution in [0.15, 0.2) is 0 Å². The van der Waals surface area contributed by atoms with Crippen molar-refractivity contribution < 1.29 is 23.1 Å². The van der Waals surface area contributed by atoms with Crippen LogP contribution in [0.5, 0.6) is 0 Å². The number of ether oxygens (including phenoxy) is 1. The first-order chi connectivity index (χ1) is 7.96. The first-order valence-electron chi connectivity index (χ1n) is 6.05. The van der Waals surface area contributed by atoms with E-state index in [0.29, 0.717) is 19.3 Å². The molecule has 0 bridgehead atoms. The van der Waals surface area contributed by atoms with Crippen LogP contribution in [-0.2, 0) is 19.4 Å². The summed E-state index contributed by atoms with van der Waals surface area (Å²) in [4.78, 5) is 10.8. The smallest absolute Gasteiger partial charge is 0.306 e. The fraction of sp³-hybridized carbons (Fsp3) is 0.909. The zero-order valence-electron chi connectivity index (χ0n) is 9.67. The molecule has 0 aromatic heterocycles. The van der Waals surface area contributed by atoms with Crippen LogP contribution in [0.4, 0.5) is 0 Å². The molecule has 2 fully saturated rings. The highest BCUT2D eigenvalue weighted by molar-refractivity contribution is 7.91. The number of aliphatic carboxylic acids is 1. The number of carboxylic acid groups (broad SMARTS) is 1. The maximum Gasteiger partial charge on any atom is 0.306 e. The minimum Gasteiger partial charge on any atom is -0.481 e. The summed E-state index contributed by atoms with van der Waals surface area (Å²) in [6.07, 6.45) is 3.19. The quantitative estimate of drug-likeness (QED) is 0.815. The lowest BCUT2D eigenvalue weighted by molar-refractivity contribution is -0.144. The van der Waals surface area contributed by atoms with E-state index in [9.17, 15) is 13.2 Å². The number of hydrogen-bond acceptors (Lipinski definition) is 4. The van der Waals surface area contributed by atoms with Crippen LogP contribution in [0.2, 0.25) is 0 Å². The predicted octanol–water partition coefficient (Wildman–Crippen LogP) is 0.833. The molecule has 1 saturated carbocycles. The monoisotopic (exact) mass is 262 g/mol. The van der Waals surface area contributed by atoms with Crippen LogP contribution in [0, 0.1) is 5.92 Å². The van der Waals surface area contributed by atoms with Gasteiger partial charge in [-0.3, -0.25) is 4.79 Å². The second-order valence-electron chi connectivity index (χ2n) is 4.97. The van der Waals surface area contributed by atoms with E-state index in [1.807, 2.05) is 0 Å². The fourth-order valence-electron chi connectivity index (χ4n) is 2.59. The van der Waals surface area contributed by atoms with Gasteiger partial charge in [-0.25, -0.2) is 8.42 Å². The van der Waals surface area contributed by atoms with Gasteiger partial charge >= 0.3 is 5.97 Å². The zero-order valence-corrected chi connectivity index (χ0v) is 10.5. The SMILES string of the molecule is O=C(O)C1CCC(OC2CCS(=O)(=O)C2)CC1. The number of rotatable bonds is 3. The van der Waals surface area contributed by atoms with Crippen LogP contribution in [0.3, 0.4) is 0 Å². The van der Waals surface area contributed by atoms with Crippen LogP contribution in [0.25, 0.3) is 0 Å². The molecule has 1 atom stereocenters. The molecule has 1 unspecified atom stereocenters. The van der Waals surface area contributed by atoms with Crippen molar-refractivity contribution in [1.29, 1.82) is 0 Å². The lowest BCUT2D eigenvalue weighted by Crippen LogP contribution is -2.29. The molecule has 0 aromatic rings. The van der Waals surface area contributed by atoms with E-state index in [2.05, 4.69) is 0 Å². The number of carbonyl (C=O) groups is 1. The molecule has 1 aliphatic carbocycles. The molecule has 1 N–H and O–H groups in total. The minimum atomic E-state index is -2.89. The summed E-state index contributed by atoms with van der Waals surface area (Å²) in [5, 5.41) is 8.86. The Bertz CT molecular complexity index is 381. The standard InChI is InChI=1S/C11H18O5S/c12-11(13)8-1-3-9(4-2-8)16-10-5-6-17(14,15)7-10/h8-10H,1-7H2,(H,12,13). The van der Waals surface area contributed by atoms with Crippen LogP contribution < -0.4 is 0 Å². The average Bonchev–Trinajstić information content (AvgIpc) is 2.59. The molecule has 5 nitrogen and oxygen atoms in total. The van der Waals surface area contributed by atoms with Gasteiger partial charge in [0.15, 0.2) is 9.84 Å². The normalized spacial score (nSPS) is 36.8. The lowest BCUT2D eigenvalue weighted by Gasteiger charge is -2.28. The summed E-state index contributed by atoms with van der Waals surface area (Å²) in [6.45, 7) is 0. The van der Waals surface area contributed by atoms with Gasteiger partial charge in [-0.1, -0.05) is 0 Å². The largest absolute Gasteiger partial charge is 0.481 e. The van der Waals surface area contributed by atoms with Gasteiger partial charge in [-0.05, 0) is 32.1 Å². The van der Waals surface area contributed by atoms with Crippen molar-refractivity contribution in [3.05, 3.63) is 0 Å². The van der Waals surface area contributed by atoms with Gasteiger partial charge < -0.3 is 9.84 Å². The number of carboxylic acids is 1. The van der Waals surface area contributed by atoms with Crippen molar-refractivity contribution >= 4 is 15.8 Å². The molecule has 17 heavy (non-hydrogen) atoms. The Morgan fingerprint density at radius 1 is 1.06 bits per heavy atom.